The molecule has 2 bridgehead atoms. The monoisotopic (exact) mass is 736 g/mol. The van der Waals surface area contributed by atoms with Gasteiger partial charge in [-0.15, -0.1) is 0 Å². The van der Waals surface area contributed by atoms with Crippen LogP contribution in [-0.2, 0) is 40.0 Å². The molecule has 2 aromatic rings. The number of carbonyl (C=O) groups excluding carboxylic acids is 2. The molecular formula is C41H52O12. The van der Waals surface area contributed by atoms with Crippen LogP contribution in [0.15, 0.2) is 30.3 Å². The number of esters is 2. The lowest BCUT2D eigenvalue weighted by Crippen LogP contribution is -2.69. The Morgan fingerprint density at radius 2 is 1.58 bits per heavy atom. The summed E-state index contributed by atoms with van der Waals surface area (Å²) in [5.41, 5.74) is 1.99. The quantitative estimate of drug-likeness (QED) is 0.205. The van der Waals surface area contributed by atoms with E-state index in [1.54, 1.807) is 33.5 Å². The van der Waals surface area contributed by atoms with Crippen LogP contribution >= 0.6 is 0 Å². The van der Waals surface area contributed by atoms with Crippen LogP contribution in [0.25, 0.3) is 5.57 Å². The van der Waals surface area contributed by atoms with Crippen molar-refractivity contribution in [2.24, 2.45) is 23.7 Å². The molecule has 288 valence electrons. The molecule has 3 aliphatic carbocycles. The number of fused-ring (bicyclic) bond motifs is 3. The van der Waals surface area contributed by atoms with Crippen molar-refractivity contribution in [2.45, 2.75) is 108 Å². The lowest BCUT2D eigenvalue weighted by Gasteiger charge is -2.60. The van der Waals surface area contributed by atoms with Crippen molar-refractivity contribution in [2.75, 3.05) is 28.4 Å². The summed E-state index contributed by atoms with van der Waals surface area (Å²) >= 11 is 0. The maximum absolute atomic E-state index is 13.3. The van der Waals surface area contributed by atoms with Crippen molar-refractivity contribution in [1.29, 1.82) is 0 Å². The minimum Gasteiger partial charge on any atom is -0.504 e. The zero-order valence-corrected chi connectivity index (χ0v) is 31.7. The lowest BCUT2D eigenvalue weighted by atomic mass is 9.56. The molecule has 2 aromatic carbocycles. The zero-order valence-electron chi connectivity index (χ0n) is 31.7. The van der Waals surface area contributed by atoms with E-state index < -0.39 is 35.5 Å². The summed E-state index contributed by atoms with van der Waals surface area (Å²) in [5.74, 6) is 1.48. The molecule has 8 rings (SSSR count). The van der Waals surface area contributed by atoms with Crippen molar-refractivity contribution >= 4 is 17.5 Å². The minimum absolute atomic E-state index is 0.0397. The van der Waals surface area contributed by atoms with E-state index in [4.69, 9.17) is 42.9 Å². The van der Waals surface area contributed by atoms with E-state index in [2.05, 4.69) is 20.8 Å². The number of hydrogen-bond donors (Lipinski definition) is 1. The fraction of sp³-hybridized carbons (Fsp3) is 0.610. The molecule has 1 N–H and O–H groups in total. The molecule has 12 nitrogen and oxygen atoms in total. The molecule has 3 aliphatic heterocycles. The first-order chi connectivity index (χ1) is 25.4. The summed E-state index contributed by atoms with van der Waals surface area (Å²) in [7, 11) is 6.14. The van der Waals surface area contributed by atoms with Gasteiger partial charge in [-0.1, -0.05) is 19.9 Å². The van der Waals surface area contributed by atoms with Crippen molar-refractivity contribution in [3.8, 4) is 28.7 Å². The number of phenols is 1. The molecule has 0 aromatic heterocycles. The van der Waals surface area contributed by atoms with E-state index in [9.17, 15) is 14.7 Å². The first-order valence-electron chi connectivity index (χ1n) is 18.8. The molecule has 53 heavy (non-hydrogen) atoms. The fourth-order valence-corrected chi connectivity index (χ4v) is 9.73. The summed E-state index contributed by atoms with van der Waals surface area (Å²) in [5, 5.41) is 10.7. The van der Waals surface area contributed by atoms with E-state index in [1.807, 2.05) is 18.2 Å². The Kier molecular flexibility index (Phi) is 10.3. The Labute approximate surface area is 310 Å². The number of ether oxygens (including phenoxy) is 7. The predicted molar refractivity (Wildman–Crippen MR) is 192 cm³/mol. The van der Waals surface area contributed by atoms with Gasteiger partial charge in [0, 0.05) is 23.8 Å². The second-order valence-corrected chi connectivity index (χ2v) is 15.5. The van der Waals surface area contributed by atoms with Crippen LogP contribution in [0.3, 0.4) is 0 Å². The van der Waals surface area contributed by atoms with Crippen LogP contribution in [0.1, 0.15) is 88.8 Å². The Bertz CT molecular complexity index is 1750. The van der Waals surface area contributed by atoms with Crippen molar-refractivity contribution in [3.63, 3.8) is 0 Å². The van der Waals surface area contributed by atoms with Gasteiger partial charge >= 0.3 is 11.9 Å². The van der Waals surface area contributed by atoms with Gasteiger partial charge in [0.2, 0.25) is 12.0 Å². The number of aromatic hydroxyl groups is 1. The molecule has 2 saturated carbocycles. The van der Waals surface area contributed by atoms with Crippen LogP contribution in [-0.4, -0.2) is 75.2 Å². The van der Waals surface area contributed by atoms with Crippen LogP contribution in [0.2, 0.25) is 0 Å². The number of carbonyl (C=O) groups is 2. The van der Waals surface area contributed by atoms with E-state index in [1.165, 1.54) is 7.11 Å². The van der Waals surface area contributed by atoms with Gasteiger partial charge in [-0.05, 0) is 98.3 Å². The Morgan fingerprint density at radius 1 is 0.849 bits per heavy atom. The molecule has 1 spiro atoms. The van der Waals surface area contributed by atoms with Gasteiger partial charge in [0.05, 0.1) is 47.4 Å². The number of benzene rings is 2. The van der Waals surface area contributed by atoms with Gasteiger partial charge in [-0.25, -0.2) is 9.78 Å². The van der Waals surface area contributed by atoms with E-state index in [-0.39, 0.29) is 36.5 Å². The molecule has 1 unspecified atom stereocenters. The van der Waals surface area contributed by atoms with Crippen molar-refractivity contribution in [1.82, 2.24) is 0 Å². The normalized spacial score (nSPS) is 32.9. The van der Waals surface area contributed by atoms with Crippen molar-refractivity contribution < 1.29 is 57.6 Å². The van der Waals surface area contributed by atoms with Gasteiger partial charge < -0.3 is 38.3 Å². The maximum atomic E-state index is 13.3. The van der Waals surface area contributed by atoms with E-state index in [0.717, 1.165) is 36.8 Å². The van der Waals surface area contributed by atoms with Gasteiger partial charge in [0.15, 0.2) is 23.0 Å². The van der Waals surface area contributed by atoms with Gasteiger partial charge in [0.25, 0.3) is 0 Å². The third-order valence-electron chi connectivity index (χ3n) is 12.4. The van der Waals surface area contributed by atoms with Crippen LogP contribution in [0, 0.1) is 23.7 Å². The molecule has 0 radical (unpaired) electrons. The predicted octanol–water partition coefficient (Wildman–Crippen LogP) is 6.71. The Hall–Kier alpha value is -4.00. The average molecular weight is 737 g/mol. The highest BCUT2D eigenvalue weighted by Crippen LogP contribution is 2.61. The van der Waals surface area contributed by atoms with Crippen LogP contribution in [0.4, 0.5) is 0 Å². The molecular weight excluding hydrogens is 684 g/mol. The second kappa shape index (κ2) is 14.7. The largest absolute Gasteiger partial charge is 0.504 e. The van der Waals surface area contributed by atoms with Crippen LogP contribution in [0.5, 0.6) is 28.7 Å². The molecule has 0 amide bonds. The average Bonchev–Trinajstić information content (AvgIpc) is 3.48. The first kappa shape index (κ1) is 37.3. The summed E-state index contributed by atoms with van der Waals surface area (Å²) in [6, 6.07) is 6.95. The standard InChI is InChI=1S/C41H52O12/c1-22-8-12-30-23(2)39(50-34-21-40(3)17-16-29(22)41(30,34)53-52-40)51-36(44)15-14-35(43)49-25-10-11-26-28(20-33(46-5)38(48-7)37(26)47-6)27(19-25)24-9-13-32(45-4)31(42)18-24/h9,13,18-20,22-23,25,29-30,34,39,42H,8,10-12,14-17,21H2,1-7H3/t22-,23-,25?,29+,30+,34-,39+,40-,41-/m1/s1. The van der Waals surface area contributed by atoms with Gasteiger partial charge in [-0.2, -0.15) is 0 Å². The number of methoxy groups -OCH3 is 4. The summed E-state index contributed by atoms with van der Waals surface area (Å²) in [6.07, 6.45) is 5.46. The van der Waals surface area contributed by atoms with Gasteiger partial charge in [-0.3, -0.25) is 9.59 Å². The third-order valence-corrected chi connectivity index (χ3v) is 12.4. The minimum atomic E-state index is -0.740. The molecule has 3 heterocycles. The Balaban J connectivity index is 1.06. The summed E-state index contributed by atoms with van der Waals surface area (Å²) in [6.45, 7) is 6.43. The zero-order chi connectivity index (χ0) is 37.7. The number of phenolic OH excluding ortho intramolecular Hbond substituents is 1. The summed E-state index contributed by atoms with van der Waals surface area (Å²) < 4.78 is 41.0. The number of hydrogen-bond acceptors (Lipinski definition) is 12. The second-order valence-electron chi connectivity index (χ2n) is 15.5. The lowest BCUT2D eigenvalue weighted by molar-refractivity contribution is -0.494. The number of rotatable bonds is 10. The SMILES string of the molecule is COc1ccc(C2=CC(OC(=O)CCC(=O)O[C@@H]3O[C@@H]4C[C@@]5(C)CC[C@H]6[C@H](C)CC[C@@H]([C@H]3C)[C@@]46OO5)CCc3c2cc(OC)c(OC)c3OC)cc1O. The first-order valence-corrected chi connectivity index (χ1v) is 18.8. The smallest absolute Gasteiger partial charge is 0.308 e. The highest BCUT2D eigenvalue weighted by atomic mass is 17.2. The van der Waals surface area contributed by atoms with Crippen molar-refractivity contribution in [3.05, 3.63) is 47.0 Å². The molecule has 6 aliphatic rings. The fourth-order valence-electron chi connectivity index (χ4n) is 9.73. The van der Waals surface area contributed by atoms with E-state index in [0.29, 0.717) is 65.2 Å². The molecule has 3 saturated heterocycles. The van der Waals surface area contributed by atoms with Crippen LogP contribution < -0.4 is 18.9 Å². The molecule has 12 heteroatoms. The maximum Gasteiger partial charge on any atom is 0.308 e. The highest BCUT2D eigenvalue weighted by molar-refractivity contribution is 5.86. The van der Waals surface area contributed by atoms with Gasteiger partial charge in [0.1, 0.15) is 17.3 Å². The topological polar surface area (TPSA) is 137 Å². The summed E-state index contributed by atoms with van der Waals surface area (Å²) in [4.78, 5) is 39.0. The molecule has 9 atom stereocenters. The Morgan fingerprint density at radius 3 is 2.28 bits per heavy atom. The highest BCUT2D eigenvalue weighted by Gasteiger charge is 2.68. The molecule has 5 fully saturated rings. The third kappa shape index (κ3) is 6.61. The van der Waals surface area contributed by atoms with E-state index >= 15 is 0 Å².